The third kappa shape index (κ3) is 1.47. The maximum absolute atomic E-state index is 8.47. The van der Waals surface area contributed by atoms with Gasteiger partial charge in [-0.3, -0.25) is 0 Å². The van der Waals surface area contributed by atoms with Gasteiger partial charge in [0.2, 0.25) is 0 Å². The molecule has 6 N–H and O–H groups in total. The summed E-state index contributed by atoms with van der Waals surface area (Å²) in [7, 11) is 0. The average molecular weight is 186 g/mol. The van der Waals surface area contributed by atoms with Crippen LogP contribution in [0.2, 0.25) is 0 Å². The highest BCUT2D eigenvalue weighted by Crippen LogP contribution is 2.05. The highest BCUT2D eigenvalue weighted by Gasteiger charge is 2.18. The zero-order chi connectivity index (χ0) is 9.84. The molecule has 0 fully saturated rings. The zero-order valence-corrected chi connectivity index (χ0v) is 6.25. The number of aromatic nitrogens is 2. The van der Waals surface area contributed by atoms with Crippen LogP contribution in [0.15, 0.2) is 14.9 Å². The highest BCUT2D eigenvalue weighted by molar-refractivity contribution is 6.47. The molecule has 70 valence electrons. The van der Waals surface area contributed by atoms with Crippen LogP contribution in [0.4, 0.5) is 5.82 Å². The van der Waals surface area contributed by atoms with E-state index in [2.05, 4.69) is 25.3 Å². The van der Waals surface area contributed by atoms with E-state index in [4.69, 9.17) is 21.9 Å². The van der Waals surface area contributed by atoms with E-state index in [-0.39, 0.29) is 17.2 Å². The average Bonchev–Trinajstić information content (AvgIpc) is 2.53. The number of hydrogen-bond donors (Lipinski definition) is 4. The van der Waals surface area contributed by atoms with Crippen LogP contribution in [-0.2, 0) is 0 Å². The molecule has 0 atom stereocenters. The smallest absolute Gasteiger partial charge is 0.198 e. The quantitative estimate of drug-likeness (QED) is 0.191. The fourth-order valence-electron chi connectivity index (χ4n) is 0.627. The van der Waals surface area contributed by atoms with Crippen LogP contribution < -0.4 is 11.5 Å². The molecule has 9 heteroatoms. The summed E-state index contributed by atoms with van der Waals surface area (Å²) in [6, 6.07) is 0. The molecule has 0 aliphatic carbocycles. The van der Waals surface area contributed by atoms with Gasteiger partial charge in [0.15, 0.2) is 23.1 Å². The Balaban J connectivity index is 3.14. The van der Waals surface area contributed by atoms with Gasteiger partial charge in [0.25, 0.3) is 0 Å². The largest absolute Gasteiger partial charge is 0.410 e. The molecule has 1 aromatic rings. The van der Waals surface area contributed by atoms with Crippen molar-refractivity contribution < 1.29 is 15.0 Å². The van der Waals surface area contributed by atoms with E-state index in [1.54, 1.807) is 0 Å². The number of amidine groups is 1. The minimum Gasteiger partial charge on any atom is -0.410 e. The second kappa shape index (κ2) is 3.38. The van der Waals surface area contributed by atoms with E-state index in [9.17, 15) is 0 Å². The topological polar surface area (TPSA) is 156 Å². The summed E-state index contributed by atoms with van der Waals surface area (Å²) in [4.78, 5) is 0. The van der Waals surface area contributed by atoms with Gasteiger partial charge in [0, 0.05) is 0 Å². The molecule has 0 saturated heterocycles. The van der Waals surface area contributed by atoms with Crippen molar-refractivity contribution in [1.82, 2.24) is 10.3 Å². The van der Waals surface area contributed by atoms with Gasteiger partial charge < -0.3 is 21.9 Å². The van der Waals surface area contributed by atoms with Gasteiger partial charge in [-0.05, 0) is 10.3 Å². The van der Waals surface area contributed by atoms with Crippen LogP contribution >= 0.6 is 0 Å². The Morgan fingerprint density at radius 2 is 2.00 bits per heavy atom. The first-order chi connectivity index (χ1) is 6.20. The maximum Gasteiger partial charge on any atom is 0.198 e. The lowest BCUT2D eigenvalue weighted by Crippen LogP contribution is -2.26. The molecule has 0 radical (unpaired) electrons. The first-order valence-corrected chi connectivity index (χ1v) is 2.99. The van der Waals surface area contributed by atoms with Crippen molar-refractivity contribution in [2.45, 2.75) is 0 Å². The van der Waals surface area contributed by atoms with Crippen molar-refractivity contribution in [2.24, 2.45) is 16.0 Å². The Bertz CT molecular complexity index is 355. The lowest BCUT2D eigenvalue weighted by molar-refractivity contribution is 0.304. The number of anilines is 1. The second-order valence-corrected chi connectivity index (χ2v) is 1.93. The van der Waals surface area contributed by atoms with Gasteiger partial charge in [-0.25, -0.2) is 4.63 Å². The van der Waals surface area contributed by atoms with Gasteiger partial charge in [-0.1, -0.05) is 10.3 Å². The third-order valence-corrected chi connectivity index (χ3v) is 1.19. The number of nitrogens with two attached hydrogens (primary N) is 2. The molecule has 1 rings (SSSR count). The fraction of sp³-hybridized carbons (Fsp3) is 0. The first kappa shape index (κ1) is 8.77. The molecule has 0 aromatic carbocycles. The minimum absolute atomic E-state index is 0.0993. The normalized spacial score (nSPS) is 13.2. The van der Waals surface area contributed by atoms with Crippen molar-refractivity contribution in [3.63, 3.8) is 0 Å². The Kier molecular flexibility index (Phi) is 2.28. The van der Waals surface area contributed by atoms with Crippen molar-refractivity contribution in [3.8, 4) is 0 Å². The predicted molar refractivity (Wildman–Crippen MR) is 40.4 cm³/mol. The summed E-state index contributed by atoms with van der Waals surface area (Å²) >= 11 is 0. The second-order valence-electron chi connectivity index (χ2n) is 1.93. The number of hydrogen-bond acceptors (Lipinski definition) is 8. The summed E-state index contributed by atoms with van der Waals surface area (Å²) in [5, 5.41) is 28.6. The Morgan fingerprint density at radius 1 is 1.31 bits per heavy atom. The van der Waals surface area contributed by atoms with E-state index in [1.165, 1.54) is 0 Å². The van der Waals surface area contributed by atoms with Crippen LogP contribution in [0.3, 0.4) is 0 Å². The molecular weight excluding hydrogens is 180 g/mol. The summed E-state index contributed by atoms with van der Waals surface area (Å²) in [5.41, 5.74) is 9.97. The van der Waals surface area contributed by atoms with Crippen LogP contribution in [-0.4, -0.2) is 32.3 Å². The Labute approximate surface area is 71.3 Å². The van der Waals surface area contributed by atoms with Crippen LogP contribution in [0, 0.1) is 0 Å². The summed E-state index contributed by atoms with van der Waals surface area (Å²) in [6.07, 6.45) is 0. The Morgan fingerprint density at radius 3 is 2.38 bits per heavy atom. The summed E-state index contributed by atoms with van der Waals surface area (Å²) < 4.78 is 4.21. The summed E-state index contributed by atoms with van der Waals surface area (Å²) in [5.74, 6) is -0.579. The molecule has 0 spiro atoms. The highest BCUT2D eigenvalue weighted by atomic mass is 16.6. The molecule has 9 nitrogen and oxygen atoms in total. The lowest BCUT2D eigenvalue weighted by Gasteiger charge is -1.95. The first-order valence-electron chi connectivity index (χ1n) is 2.99. The SMILES string of the molecule is NC(=N/O)/C(=N/O)c1nonc1N. The van der Waals surface area contributed by atoms with Crippen LogP contribution in [0.5, 0.6) is 0 Å². The van der Waals surface area contributed by atoms with E-state index in [1.807, 2.05) is 0 Å². The van der Waals surface area contributed by atoms with E-state index >= 15 is 0 Å². The van der Waals surface area contributed by atoms with Gasteiger partial charge >= 0.3 is 0 Å². The standard InChI is InChI=1S/C4H6N6O3/c5-3(8-12)1(7-11)2-4(6)10-13-9-2/h11-12H,(H2,5,8)(H2,6,10)/b7-1+. The molecule has 1 aromatic heterocycles. The maximum atomic E-state index is 8.47. The molecule has 13 heavy (non-hydrogen) atoms. The lowest BCUT2D eigenvalue weighted by atomic mass is 10.2. The third-order valence-electron chi connectivity index (χ3n) is 1.19. The Hall–Kier alpha value is -2.32. The van der Waals surface area contributed by atoms with Gasteiger partial charge in [0.05, 0.1) is 0 Å². The van der Waals surface area contributed by atoms with Crippen LogP contribution in [0.25, 0.3) is 0 Å². The zero-order valence-electron chi connectivity index (χ0n) is 6.25. The molecule has 0 amide bonds. The fourth-order valence-corrected chi connectivity index (χ4v) is 0.627. The molecule has 0 aliphatic heterocycles. The van der Waals surface area contributed by atoms with Crippen molar-refractivity contribution in [3.05, 3.63) is 5.69 Å². The molecule has 0 aliphatic rings. The monoisotopic (exact) mass is 186 g/mol. The number of rotatable bonds is 2. The van der Waals surface area contributed by atoms with Crippen molar-refractivity contribution in [1.29, 1.82) is 0 Å². The molecular formula is C4H6N6O3. The molecule has 0 unspecified atom stereocenters. The van der Waals surface area contributed by atoms with Crippen LogP contribution in [0.1, 0.15) is 5.69 Å². The van der Waals surface area contributed by atoms with Crippen molar-refractivity contribution in [2.75, 3.05) is 5.73 Å². The number of nitrogen functional groups attached to an aromatic ring is 1. The molecule has 0 saturated carbocycles. The predicted octanol–water partition coefficient (Wildman–Crippen LogP) is -1.42. The van der Waals surface area contributed by atoms with E-state index < -0.39 is 5.84 Å². The van der Waals surface area contributed by atoms with E-state index in [0.29, 0.717) is 0 Å². The molecule has 0 bridgehead atoms. The number of nitrogens with zero attached hydrogens (tertiary/aromatic N) is 4. The van der Waals surface area contributed by atoms with Gasteiger partial charge in [-0.15, -0.1) is 0 Å². The van der Waals surface area contributed by atoms with Crippen molar-refractivity contribution >= 4 is 17.4 Å². The number of oxime groups is 2. The molecule has 1 heterocycles. The van der Waals surface area contributed by atoms with Gasteiger partial charge in [0.1, 0.15) is 0 Å². The van der Waals surface area contributed by atoms with Gasteiger partial charge in [-0.2, -0.15) is 0 Å². The summed E-state index contributed by atoms with van der Waals surface area (Å²) in [6.45, 7) is 0. The minimum atomic E-state index is -0.454. The van der Waals surface area contributed by atoms with E-state index in [0.717, 1.165) is 0 Å².